The number of ketones is 1. The smallest absolute Gasteiger partial charge is 0.232 e. The number of ether oxygens (including phenoxy) is 3. The molecule has 9 heteroatoms. The summed E-state index contributed by atoms with van der Waals surface area (Å²) in [4.78, 5) is 15.1. The first-order valence-electron chi connectivity index (χ1n) is 10.6. The standard InChI is InChI=1S/C23H24N4O4S/c1-16-4-2-3-5-18(16)27-22(26-8-10-29-11-9-26)24-25-23(27)32-15-19(28)17-6-7-20-21(14-17)31-13-12-30-20/h2-7,14H,8-13,15H2,1H3. The lowest BCUT2D eigenvalue weighted by Crippen LogP contribution is -2.38. The molecule has 0 aliphatic carbocycles. The molecule has 2 aliphatic rings. The van der Waals surface area contributed by atoms with Crippen LogP contribution in [0.15, 0.2) is 47.6 Å². The van der Waals surface area contributed by atoms with Gasteiger partial charge in [-0.15, -0.1) is 10.2 Å². The number of carbonyl (C=O) groups excluding carboxylic acids is 1. The van der Waals surface area contributed by atoms with Gasteiger partial charge < -0.3 is 19.1 Å². The van der Waals surface area contributed by atoms with E-state index < -0.39 is 0 Å². The van der Waals surface area contributed by atoms with E-state index in [1.165, 1.54) is 11.8 Å². The molecule has 0 N–H and O–H groups in total. The highest BCUT2D eigenvalue weighted by Crippen LogP contribution is 2.32. The van der Waals surface area contributed by atoms with Gasteiger partial charge in [0.15, 0.2) is 22.4 Å². The van der Waals surface area contributed by atoms with Crippen LogP contribution < -0.4 is 14.4 Å². The summed E-state index contributed by atoms with van der Waals surface area (Å²) in [7, 11) is 0. The summed E-state index contributed by atoms with van der Waals surface area (Å²) in [5.41, 5.74) is 2.72. The van der Waals surface area contributed by atoms with Crippen LogP contribution in [0.5, 0.6) is 11.5 Å². The van der Waals surface area contributed by atoms with Crippen LogP contribution in [0.1, 0.15) is 15.9 Å². The van der Waals surface area contributed by atoms with Gasteiger partial charge in [0, 0.05) is 18.7 Å². The molecule has 0 unspecified atom stereocenters. The van der Waals surface area contributed by atoms with Crippen molar-refractivity contribution in [2.24, 2.45) is 0 Å². The van der Waals surface area contributed by atoms with Gasteiger partial charge in [0.1, 0.15) is 13.2 Å². The number of para-hydroxylation sites is 1. The normalized spacial score (nSPS) is 15.6. The Kier molecular flexibility index (Phi) is 6.00. The maximum Gasteiger partial charge on any atom is 0.232 e. The van der Waals surface area contributed by atoms with Crippen molar-refractivity contribution in [1.29, 1.82) is 0 Å². The van der Waals surface area contributed by atoms with Gasteiger partial charge in [0.25, 0.3) is 0 Å². The van der Waals surface area contributed by atoms with Crippen LogP contribution in [0, 0.1) is 6.92 Å². The molecule has 166 valence electrons. The fraction of sp³-hybridized carbons (Fsp3) is 0.348. The minimum absolute atomic E-state index is 0.000713. The lowest BCUT2D eigenvalue weighted by atomic mass is 10.1. The molecule has 0 bridgehead atoms. The van der Waals surface area contributed by atoms with E-state index in [-0.39, 0.29) is 11.5 Å². The number of morpholine rings is 1. The molecule has 2 aromatic carbocycles. The number of anilines is 1. The number of hydrogen-bond acceptors (Lipinski definition) is 8. The second-order valence-electron chi connectivity index (χ2n) is 7.57. The number of carbonyl (C=O) groups is 1. The molecule has 3 aromatic rings. The number of hydrogen-bond donors (Lipinski definition) is 0. The third-order valence-electron chi connectivity index (χ3n) is 5.46. The highest BCUT2D eigenvalue weighted by Gasteiger charge is 2.23. The molecule has 0 saturated carbocycles. The first kappa shape index (κ1) is 20.8. The molecule has 5 rings (SSSR count). The van der Waals surface area contributed by atoms with Gasteiger partial charge in [-0.2, -0.15) is 0 Å². The van der Waals surface area contributed by atoms with Gasteiger partial charge in [-0.25, -0.2) is 0 Å². The van der Waals surface area contributed by atoms with Crippen molar-refractivity contribution in [2.75, 3.05) is 50.2 Å². The zero-order chi connectivity index (χ0) is 21.9. The Bertz CT molecular complexity index is 1130. The second-order valence-corrected chi connectivity index (χ2v) is 8.52. The molecule has 8 nitrogen and oxygen atoms in total. The zero-order valence-corrected chi connectivity index (χ0v) is 18.6. The lowest BCUT2D eigenvalue weighted by Gasteiger charge is -2.28. The van der Waals surface area contributed by atoms with Crippen molar-refractivity contribution >= 4 is 23.5 Å². The number of rotatable bonds is 6. The number of aryl methyl sites for hydroxylation is 1. The molecule has 32 heavy (non-hydrogen) atoms. The maximum atomic E-state index is 12.9. The highest BCUT2D eigenvalue weighted by molar-refractivity contribution is 7.99. The van der Waals surface area contributed by atoms with Crippen LogP contribution in [0.4, 0.5) is 5.95 Å². The summed E-state index contributed by atoms with van der Waals surface area (Å²) in [5.74, 6) is 2.31. The van der Waals surface area contributed by atoms with Crippen LogP contribution in [-0.4, -0.2) is 65.8 Å². The van der Waals surface area contributed by atoms with E-state index in [2.05, 4.69) is 34.2 Å². The topological polar surface area (TPSA) is 78.7 Å². The average molecular weight is 453 g/mol. The minimum atomic E-state index is -0.000713. The lowest BCUT2D eigenvalue weighted by molar-refractivity contribution is 0.102. The molecule has 0 amide bonds. The van der Waals surface area contributed by atoms with Gasteiger partial charge in [-0.3, -0.25) is 9.36 Å². The van der Waals surface area contributed by atoms with Crippen LogP contribution in [-0.2, 0) is 4.74 Å². The van der Waals surface area contributed by atoms with E-state index in [9.17, 15) is 4.79 Å². The molecule has 2 aliphatic heterocycles. The summed E-state index contributed by atoms with van der Waals surface area (Å²) >= 11 is 1.39. The maximum absolute atomic E-state index is 12.9. The molecule has 0 spiro atoms. The van der Waals surface area contributed by atoms with Crippen LogP contribution in [0.25, 0.3) is 5.69 Å². The van der Waals surface area contributed by atoms with Crippen molar-refractivity contribution in [3.8, 4) is 17.2 Å². The first-order valence-corrected chi connectivity index (χ1v) is 11.6. The number of thioether (sulfide) groups is 1. The predicted octanol–water partition coefficient (Wildman–Crippen LogP) is 3.16. The Morgan fingerprint density at radius 3 is 2.59 bits per heavy atom. The van der Waals surface area contributed by atoms with Crippen molar-refractivity contribution in [3.63, 3.8) is 0 Å². The van der Waals surface area contributed by atoms with Crippen LogP contribution in [0.3, 0.4) is 0 Å². The van der Waals surface area contributed by atoms with Crippen molar-refractivity contribution in [1.82, 2.24) is 14.8 Å². The summed E-state index contributed by atoms with van der Waals surface area (Å²) in [6, 6.07) is 13.4. The minimum Gasteiger partial charge on any atom is -0.486 e. The van der Waals surface area contributed by atoms with E-state index in [0.717, 1.165) is 30.3 Å². The predicted molar refractivity (Wildman–Crippen MR) is 122 cm³/mol. The Hall–Kier alpha value is -3.04. The van der Waals surface area contributed by atoms with Crippen molar-refractivity contribution < 1.29 is 19.0 Å². The Morgan fingerprint density at radius 2 is 1.78 bits per heavy atom. The zero-order valence-electron chi connectivity index (χ0n) is 17.8. The van der Waals surface area contributed by atoms with Gasteiger partial charge in [-0.1, -0.05) is 30.0 Å². The number of fused-ring (bicyclic) bond motifs is 1. The van der Waals surface area contributed by atoms with Gasteiger partial charge in [-0.05, 0) is 36.8 Å². The monoisotopic (exact) mass is 452 g/mol. The average Bonchev–Trinajstić information content (AvgIpc) is 3.26. The van der Waals surface area contributed by atoms with E-state index in [0.29, 0.717) is 48.6 Å². The first-order chi connectivity index (χ1) is 15.7. The van der Waals surface area contributed by atoms with Crippen LogP contribution in [0.2, 0.25) is 0 Å². The molecule has 0 radical (unpaired) electrons. The van der Waals surface area contributed by atoms with E-state index in [1.54, 1.807) is 18.2 Å². The fourth-order valence-corrected chi connectivity index (χ4v) is 4.61. The third-order valence-corrected chi connectivity index (χ3v) is 6.39. The van der Waals surface area contributed by atoms with Crippen LogP contribution >= 0.6 is 11.8 Å². The molecule has 1 aromatic heterocycles. The quantitative estimate of drug-likeness (QED) is 0.417. The number of Topliss-reactive ketones (excluding diaryl/α,β-unsaturated/α-hetero) is 1. The number of aromatic nitrogens is 3. The second kappa shape index (κ2) is 9.22. The third kappa shape index (κ3) is 4.18. The Morgan fingerprint density at radius 1 is 1.00 bits per heavy atom. The van der Waals surface area contributed by atoms with Gasteiger partial charge in [0.05, 0.1) is 24.7 Å². The molecular formula is C23H24N4O4S. The Labute approximate surface area is 190 Å². The van der Waals surface area contributed by atoms with E-state index in [4.69, 9.17) is 14.2 Å². The SMILES string of the molecule is Cc1ccccc1-n1c(SCC(=O)c2ccc3c(c2)OCCO3)nnc1N1CCOCC1. The molecule has 1 fully saturated rings. The summed E-state index contributed by atoms with van der Waals surface area (Å²) in [6.45, 7) is 5.90. The van der Waals surface area contributed by atoms with Gasteiger partial charge >= 0.3 is 0 Å². The van der Waals surface area contributed by atoms with E-state index >= 15 is 0 Å². The van der Waals surface area contributed by atoms with Crippen molar-refractivity contribution in [3.05, 3.63) is 53.6 Å². The largest absolute Gasteiger partial charge is 0.486 e. The summed E-state index contributed by atoms with van der Waals surface area (Å²) in [5, 5.41) is 9.61. The van der Waals surface area contributed by atoms with Gasteiger partial charge in [0.2, 0.25) is 5.95 Å². The summed E-state index contributed by atoms with van der Waals surface area (Å²) < 4.78 is 18.7. The molecule has 3 heterocycles. The highest BCUT2D eigenvalue weighted by atomic mass is 32.2. The summed E-state index contributed by atoms with van der Waals surface area (Å²) in [6.07, 6.45) is 0. The number of benzene rings is 2. The fourth-order valence-electron chi connectivity index (χ4n) is 3.78. The molecule has 0 atom stereocenters. The van der Waals surface area contributed by atoms with Crippen molar-refractivity contribution in [2.45, 2.75) is 12.1 Å². The number of nitrogens with zero attached hydrogens (tertiary/aromatic N) is 4. The molecule has 1 saturated heterocycles. The Balaban J connectivity index is 1.40. The molecular weight excluding hydrogens is 428 g/mol. The van der Waals surface area contributed by atoms with E-state index in [1.807, 2.05) is 16.7 Å².